The molecule has 0 aliphatic carbocycles. The zero-order valence-electron chi connectivity index (χ0n) is 21.5. The van der Waals surface area contributed by atoms with Crippen molar-refractivity contribution in [3.8, 4) is 5.75 Å². The van der Waals surface area contributed by atoms with Gasteiger partial charge in [-0.05, 0) is 45.9 Å². The molecule has 9 nitrogen and oxygen atoms in total. The van der Waals surface area contributed by atoms with Gasteiger partial charge in [0.25, 0.3) is 0 Å². The van der Waals surface area contributed by atoms with E-state index in [2.05, 4.69) is 15.8 Å². The number of anilines is 2. The number of aryl methyl sites for hydroxylation is 1. The molecule has 2 N–H and O–H groups in total. The molecule has 2 aromatic carbocycles. The number of carbonyl (C=O) groups is 3. The molecule has 0 aliphatic rings. The summed E-state index contributed by atoms with van der Waals surface area (Å²) in [6.45, 7) is 7.24. The van der Waals surface area contributed by atoms with Gasteiger partial charge in [0.1, 0.15) is 17.6 Å². The first kappa shape index (κ1) is 27.7. The Morgan fingerprint density at radius 3 is 2.38 bits per heavy atom. The predicted octanol–water partition coefficient (Wildman–Crippen LogP) is 5.05. The molecule has 3 rings (SSSR count). The van der Waals surface area contributed by atoms with Gasteiger partial charge in [0.2, 0.25) is 17.7 Å². The molecule has 0 spiro atoms. The van der Waals surface area contributed by atoms with E-state index >= 15 is 0 Å². The highest BCUT2D eigenvalue weighted by molar-refractivity contribution is 6.31. The number of benzene rings is 2. The van der Waals surface area contributed by atoms with Gasteiger partial charge in [0.15, 0.2) is 5.82 Å². The van der Waals surface area contributed by atoms with Gasteiger partial charge in [0.05, 0.1) is 12.8 Å². The fourth-order valence-corrected chi connectivity index (χ4v) is 3.99. The second-order valence-electron chi connectivity index (χ2n) is 9.47. The Labute approximate surface area is 221 Å². The predicted molar refractivity (Wildman–Crippen MR) is 142 cm³/mol. The Balaban J connectivity index is 2.01. The second-order valence-corrected chi connectivity index (χ2v) is 9.88. The van der Waals surface area contributed by atoms with Crippen LogP contribution in [0.2, 0.25) is 5.02 Å². The molecule has 0 saturated heterocycles. The maximum Gasteiger partial charge on any atom is 0.248 e. The van der Waals surface area contributed by atoms with Gasteiger partial charge in [-0.2, -0.15) is 0 Å². The molecule has 3 amide bonds. The van der Waals surface area contributed by atoms with Crippen LogP contribution in [-0.2, 0) is 14.4 Å². The molecule has 3 aromatic rings. The van der Waals surface area contributed by atoms with Gasteiger partial charge in [-0.25, -0.2) is 0 Å². The van der Waals surface area contributed by atoms with E-state index in [1.54, 1.807) is 61.5 Å². The maximum absolute atomic E-state index is 13.8. The van der Waals surface area contributed by atoms with Crippen molar-refractivity contribution < 1.29 is 23.6 Å². The van der Waals surface area contributed by atoms with Crippen LogP contribution >= 0.6 is 11.6 Å². The Bertz CT molecular complexity index is 1270. The SMILES string of the molecule is COc1ccccc1N(C(=O)CCC(=O)Nc1cc(C)on1)[C@H](C(=O)NC(C)(C)C)c1ccccc1Cl. The van der Waals surface area contributed by atoms with E-state index in [1.165, 1.54) is 12.0 Å². The minimum atomic E-state index is -1.13. The third-order valence-corrected chi connectivity index (χ3v) is 5.62. The summed E-state index contributed by atoms with van der Waals surface area (Å²) in [5.74, 6) is -0.127. The fraction of sp³-hybridized carbons (Fsp3) is 0.333. The van der Waals surface area contributed by atoms with Crippen molar-refractivity contribution >= 4 is 40.8 Å². The average molecular weight is 527 g/mol. The Hall–Kier alpha value is -3.85. The van der Waals surface area contributed by atoms with Gasteiger partial charge in [-0.1, -0.05) is 47.1 Å². The molecule has 0 unspecified atom stereocenters. The van der Waals surface area contributed by atoms with Crippen molar-refractivity contribution in [1.82, 2.24) is 10.5 Å². The highest BCUT2D eigenvalue weighted by atomic mass is 35.5. The summed E-state index contributed by atoms with van der Waals surface area (Å²) < 4.78 is 10.5. The number of para-hydroxylation sites is 2. The van der Waals surface area contributed by atoms with Crippen LogP contribution in [0.5, 0.6) is 5.75 Å². The van der Waals surface area contributed by atoms with Gasteiger partial charge in [-0.3, -0.25) is 19.3 Å². The molecule has 1 atom stereocenters. The van der Waals surface area contributed by atoms with Crippen LogP contribution in [0.3, 0.4) is 0 Å². The molecule has 196 valence electrons. The zero-order chi connectivity index (χ0) is 27.2. The van der Waals surface area contributed by atoms with E-state index in [1.807, 2.05) is 20.8 Å². The van der Waals surface area contributed by atoms with Gasteiger partial charge in [-0.15, -0.1) is 0 Å². The van der Waals surface area contributed by atoms with Crippen molar-refractivity contribution in [3.05, 3.63) is 70.9 Å². The van der Waals surface area contributed by atoms with E-state index in [4.69, 9.17) is 20.9 Å². The summed E-state index contributed by atoms with van der Waals surface area (Å²) in [6.07, 6.45) is -0.336. The number of methoxy groups -OCH3 is 1. The topological polar surface area (TPSA) is 114 Å². The number of carbonyl (C=O) groups excluding carboxylic acids is 3. The zero-order valence-corrected chi connectivity index (χ0v) is 22.3. The highest BCUT2D eigenvalue weighted by Crippen LogP contribution is 2.37. The summed E-state index contributed by atoms with van der Waals surface area (Å²) in [7, 11) is 1.48. The minimum Gasteiger partial charge on any atom is -0.495 e. The van der Waals surface area contributed by atoms with Gasteiger partial charge < -0.3 is 19.9 Å². The van der Waals surface area contributed by atoms with E-state index in [9.17, 15) is 14.4 Å². The Morgan fingerprint density at radius 1 is 1.08 bits per heavy atom. The highest BCUT2D eigenvalue weighted by Gasteiger charge is 2.36. The molecular formula is C27H31ClN4O5. The third-order valence-electron chi connectivity index (χ3n) is 5.28. The Kier molecular flexibility index (Phi) is 8.94. The standard InChI is InChI=1S/C27H31ClN4O5/c1-17-16-22(31-37-17)29-23(33)14-15-24(34)32(20-12-8-9-13-21(20)36-5)25(26(35)30-27(2,3)4)18-10-6-7-11-19(18)28/h6-13,16,25H,14-15H2,1-5H3,(H,30,35)(H,29,31,33)/t25-/m0/s1. The fourth-order valence-electron chi connectivity index (χ4n) is 3.75. The van der Waals surface area contributed by atoms with Gasteiger partial charge in [0, 0.05) is 35.0 Å². The van der Waals surface area contributed by atoms with Crippen LogP contribution in [0, 0.1) is 6.92 Å². The molecule has 0 fully saturated rings. The van der Waals surface area contributed by atoms with Crippen molar-refractivity contribution in [2.24, 2.45) is 0 Å². The smallest absolute Gasteiger partial charge is 0.248 e. The number of ether oxygens (including phenoxy) is 1. The van der Waals surface area contributed by atoms with E-state index in [-0.39, 0.29) is 18.7 Å². The summed E-state index contributed by atoms with van der Waals surface area (Å²) in [5, 5.41) is 9.62. The molecule has 37 heavy (non-hydrogen) atoms. The van der Waals surface area contributed by atoms with Crippen LogP contribution in [0.25, 0.3) is 0 Å². The van der Waals surface area contributed by atoms with Crippen molar-refractivity contribution in [2.75, 3.05) is 17.3 Å². The summed E-state index contributed by atoms with van der Waals surface area (Å²) in [4.78, 5) is 41.4. The largest absolute Gasteiger partial charge is 0.495 e. The summed E-state index contributed by atoms with van der Waals surface area (Å²) in [5.41, 5.74) is 0.228. The van der Waals surface area contributed by atoms with Gasteiger partial charge >= 0.3 is 0 Å². The van der Waals surface area contributed by atoms with E-state index in [0.29, 0.717) is 27.8 Å². The number of hydrogen-bond acceptors (Lipinski definition) is 6. The molecule has 0 aliphatic heterocycles. The van der Waals surface area contributed by atoms with Crippen molar-refractivity contribution in [1.29, 1.82) is 0 Å². The number of halogens is 1. The number of nitrogens with one attached hydrogen (secondary N) is 2. The van der Waals surface area contributed by atoms with Crippen LogP contribution in [0.15, 0.2) is 59.1 Å². The molecule has 0 bridgehead atoms. The number of amides is 3. The Morgan fingerprint density at radius 2 is 1.76 bits per heavy atom. The summed E-state index contributed by atoms with van der Waals surface area (Å²) in [6, 6.07) is 14.2. The van der Waals surface area contributed by atoms with Crippen LogP contribution < -0.4 is 20.3 Å². The number of nitrogens with zero attached hydrogens (tertiary/aromatic N) is 2. The monoisotopic (exact) mass is 526 g/mol. The number of aromatic nitrogens is 1. The number of rotatable bonds is 9. The lowest BCUT2D eigenvalue weighted by atomic mass is 10.00. The lowest BCUT2D eigenvalue weighted by Crippen LogP contribution is -2.49. The third kappa shape index (κ3) is 7.33. The van der Waals surface area contributed by atoms with Crippen molar-refractivity contribution in [3.63, 3.8) is 0 Å². The van der Waals surface area contributed by atoms with Crippen LogP contribution in [0.1, 0.15) is 51.0 Å². The molecule has 1 heterocycles. The number of hydrogen-bond donors (Lipinski definition) is 2. The lowest BCUT2D eigenvalue weighted by Gasteiger charge is -2.34. The first-order valence-electron chi connectivity index (χ1n) is 11.7. The van der Waals surface area contributed by atoms with Crippen LogP contribution in [0.4, 0.5) is 11.5 Å². The minimum absolute atomic E-state index is 0.146. The van der Waals surface area contributed by atoms with Crippen molar-refractivity contribution in [2.45, 2.75) is 52.1 Å². The quantitative estimate of drug-likeness (QED) is 0.403. The van der Waals surface area contributed by atoms with Crippen LogP contribution in [-0.4, -0.2) is 35.5 Å². The first-order valence-corrected chi connectivity index (χ1v) is 12.1. The molecule has 1 aromatic heterocycles. The second kappa shape index (κ2) is 11.9. The average Bonchev–Trinajstić information content (AvgIpc) is 3.24. The molecule has 0 radical (unpaired) electrons. The lowest BCUT2D eigenvalue weighted by molar-refractivity contribution is -0.128. The maximum atomic E-state index is 13.8. The molecule has 0 saturated carbocycles. The summed E-state index contributed by atoms with van der Waals surface area (Å²) >= 11 is 6.53. The molecular weight excluding hydrogens is 496 g/mol. The normalized spacial score (nSPS) is 11.9. The van der Waals surface area contributed by atoms with E-state index < -0.39 is 29.3 Å². The van der Waals surface area contributed by atoms with E-state index in [0.717, 1.165) is 0 Å². The molecule has 10 heteroatoms. The first-order chi connectivity index (χ1) is 17.5.